The van der Waals surface area contributed by atoms with E-state index in [1.807, 2.05) is 36.6 Å². The van der Waals surface area contributed by atoms with Crippen LogP contribution in [0.3, 0.4) is 0 Å². The number of hydrogen-bond donors (Lipinski definition) is 2. The number of aromatic nitrogens is 5. The van der Waals surface area contributed by atoms with E-state index in [0.29, 0.717) is 23.5 Å². The fourth-order valence-electron chi connectivity index (χ4n) is 2.95. The number of nitrogens with one attached hydrogen (secondary N) is 1. The van der Waals surface area contributed by atoms with Gasteiger partial charge in [-0.05, 0) is 26.0 Å². The minimum absolute atomic E-state index is 0.0191. The lowest BCUT2D eigenvalue weighted by Gasteiger charge is -2.13. The molecule has 4 rings (SSSR count). The summed E-state index contributed by atoms with van der Waals surface area (Å²) in [5.74, 6) is -0.204. The first-order chi connectivity index (χ1) is 14.5. The highest BCUT2D eigenvalue weighted by Gasteiger charge is 2.22. The summed E-state index contributed by atoms with van der Waals surface area (Å²) in [6, 6.07) is 3.71. The first kappa shape index (κ1) is 19.5. The van der Waals surface area contributed by atoms with E-state index >= 15 is 0 Å². The molecule has 10 nitrogen and oxygen atoms in total. The highest BCUT2D eigenvalue weighted by atomic mass is 16.5. The van der Waals surface area contributed by atoms with Gasteiger partial charge in [-0.25, -0.2) is 19.9 Å². The van der Waals surface area contributed by atoms with Gasteiger partial charge in [0.2, 0.25) is 5.89 Å². The number of imidazole rings is 1. The van der Waals surface area contributed by atoms with Gasteiger partial charge in [0.25, 0.3) is 5.91 Å². The van der Waals surface area contributed by atoms with Gasteiger partial charge in [-0.3, -0.25) is 4.79 Å². The minimum Gasteiger partial charge on any atom is -0.443 e. The summed E-state index contributed by atoms with van der Waals surface area (Å²) in [6.07, 6.45) is 6.44. The number of anilines is 1. The number of ether oxygens (including phenoxy) is 1. The Balaban J connectivity index is 1.83. The number of fused-ring (bicyclic) bond motifs is 1. The lowest BCUT2D eigenvalue weighted by Crippen LogP contribution is -2.33. The normalized spacial score (nSPS) is 12.2. The number of nitrogens with two attached hydrogens (primary N) is 1. The zero-order chi connectivity index (χ0) is 21.3. The molecule has 1 atom stereocenters. The molecule has 10 heteroatoms. The van der Waals surface area contributed by atoms with E-state index in [1.54, 1.807) is 13.3 Å². The van der Waals surface area contributed by atoms with Crippen LogP contribution in [0, 0.1) is 6.92 Å². The average molecular weight is 407 g/mol. The number of nitrogens with zero attached hydrogens (tertiary/aromatic N) is 5. The van der Waals surface area contributed by atoms with E-state index in [0.717, 1.165) is 11.3 Å². The van der Waals surface area contributed by atoms with Crippen LogP contribution in [0.1, 0.15) is 23.1 Å². The number of methoxy groups -OCH3 is 1. The van der Waals surface area contributed by atoms with Crippen molar-refractivity contribution in [3.05, 3.63) is 48.4 Å². The SMILES string of the molecule is COC(C)CNC(=O)c1nc(-c2ccc3ncc(C)n3c2)c(-c2ncco2)nc1N. The van der Waals surface area contributed by atoms with Crippen molar-refractivity contribution in [1.29, 1.82) is 0 Å². The third kappa shape index (κ3) is 3.60. The van der Waals surface area contributed by atoms with Gasteiger partial charge in [0.05, 0.1) is 12.3 Å². The highest BCUT2D eigenvalue weighted by Crippen LogP contribution is 2.30. The Morgan fingerprint density at radius 1 is 1.30 bits per heavy atom. The van der Waals surface area contributed by atoms with E-state index in [9.17, 15) is 4.79 Å². The molecule has 0 spiro atoms. The first-order valence-electron chi connectivity index (χ1n) is 9.30. The van der Waals surface area contributed by atoms with Crippen LogP contribution in [0.2, 0.25) is 0 Å². The molecule has 4 aromatic rings. The number of nitrogen functional groups attached to an aromatic ring is 1. The number of carbonyl (C=O) groups is 1. The van der Waals surface area contributed by atoms with E-state index in [4.69, 9.17) is 14.9 Å². The first-order valence-corrected chi connectivity index (χ1v) is 9.30. The molecule has 3 N–H and O–H groups in total. The van der Waals surface area contributed by atoms with E-state index < -0.39 is 5.91 Å². The van der Waals surface area contributed by atoms with Crippen LogP contribution in [0.5, 0.6) is 0 Å². The average Bonchev–Trinajstić information content (AvgIpc) is 3.41. The Morgan fingerprint density at radius 2 is 2.13 bits per heavy atom. The van der Waals surface area contributed by atoms with Crippen molar-refractivity contribution in [3.8, 4) is 22.8 Å². The van der Waals surface area contributed by atoms with Crippen molar-refractivity contribution in [2.75, 3.05) is 19.4 Å². The smallest absolute Gasteiger partial charge is 0.273 e. The molecule has 154 valence electrons. The van der Waals surface area contributed by atoms with Crippen molar-refractivity contribution in [2.24, 2.45) is 0 Å². The Kier molecular flexibility index (Phi) is 5.15. The summed E-state index contributed by atoms with van der Waals surface area (Å²) in [4.78, 5) is 30.1. The Bertz CT molecular complexity index is 1200. The van der Waals surface area contributed by atoms with Crippen LogP contribution in [-0.2, 0) is 4.74 Å². The zero-order valence-electron chi connectivity index (χ0n) is 16.8. The Morgan fingerprint density at radius 3 is 2.87 bits per heavy atom. The molecule has 0 fully saturated rings. The predicted molar refractivity (Wildman–Crippen MR) is 110 cm³/mol. The van der Waals surface area contributed by atoms with E-state index in [2.05, 4.69) is 25.3 Å². The number of oxazole rings is 1. The maximum absolute atomic E-state index is 12.7. The van der Waals surface area contributed by atoms with Gasteiger partial charge in [0.1, 0.15) is 17.6 Å². The van der Waals surface area contributed by atoms with Crippen molar-refractivity contribution in [1.82, 2.24) is 29.7 Å². The molecule has 4 heterocycles. The van der Waals surface area contributed by atoms with Crippen LogP contribution in [0.15, 0.2) is 41.4 Å². The molecule has 0 bridgehead atoms. The third-order valence-electron chi connectivity index (χ3n) is 4.69. The topological polar surface area (TPSA) is 133 Å². The summed E-state index contributed by atoms with van der Waals surface area (Å²) in [5.41, 5.74) is 9.31. The molecular formula is C20H21N7O3. The molecule has 0 aliphatic rings. The monoisotopic (exact) mass is 407 g/mol. The number of aryl methyl sites for hydroxylation is 1. The molecule has 0 saturated heterocycles. The summed E-state index contributed by atoms with van der Waals surface area (Å²) < 4.78 is 12.5. The van der Waals surface area contributed by atoms with Crippen LogP contribution in [0.25, 0.3) is 28.5 Å². The number of carbonyl (C=O) groups excluding carboxylic acids is 1. The van der Waals surface area contributed by atoms with Crippen LogP contribution < -0.4 is 11.1 Å². The van der Waals surface area contributed by atoms with Crippen molar-refractivity contribution in [2.45, 2.75) is 20.0 Å². The lowest BCUT2D eigenvalue weighted by atomic mass is 10.1. The molecule has 0 aliphatic carbocycles. The zero-order valence-corrected chi connectivity index (χ0v) is 16.8. The second-order valence-electron chi connectivity index (χ2n) is 6.79. The highest BCUT2D eigenvalue weighted by molar-refractivity contribution is 5.97. The molecule has 0 saturated carbocycles. The Hall–Kier alpha value is -3.79. The Labute approximate surface area is 172 Å². The standard InChI is InChI=1S/C20H21N7O3/c1-11-8-23-14-5-4-13(10-27(11)14)15-16(20-22-6-7-30-20)26-18(21)17(25-15)19(28)24-9-12(2)29-3/h4-8,10,12H,9H2,1-3H3,(H2,21,26)(H,24,28). The molecule has 1 amide bonds. The number of pyridine rings is 1. The van der Waals surface area contributed by atoms with Gasteiger partial charge in [-0.15, -0.1) is 0 Å². The quantitative estimate of drug-likeness (QED) is 0.496. The molecular weight excluding hydrogens is 386 g/mol. The van der Waals surface area contributed by atoms with Gasteiger partial charge < -0.3 is 24.6 Å². The fraction of sp³-hybridized carbons (Fsp3) is 0.250. The molecule has 0 radical (unpaired) electrons. The molecule has 0 aliphatic heterocycles. The second kappa shape index (κ2) is 7.91. The maximum Gasteiger partial charge on any atom is 0.273 e. The number of amides is 1. The number of rotatable bonds is 6. The van der Waals surface area contributed by atoms with Crippen LogP contribution in [-0.4, -0.2) is 50.0 Å². The van der Waals surface area contributed by atoms with Crippen molar-refractivity contribution in [3.63, 3.8) is 0 Å². The van der Waals surface area contributed by atoms with E-state index in [1.165, 1.54) is 12.5 Å². The second-order valence-corrected chi connectivity index (χ2v) is 6.79. The molecule has 4 aromatic heterocycles. The van der Waals surface area contributed by atoms with E-state index in [-0.39, 0.29) is 23.5 Å². The summed E-state index contributed by atoms with van der Waals surface area (Å²) in [5, 5.41) is 2.76. The van der Waals surface area contributed by atoms with Gasteiger partial charge in [-0.2, -0.15) is 0 Å². The molecule has 30 heavy (non-hydrogen) atoms. The summed E-state index contributed by atoms with van der Waals surface area (Å²) in [7, 11) is 1.57. The van der Waals surface area contributed by atoms with Crippen LogP contribution in [0.4, 0.5) is 5.82 Å². The predicted octanol–water partition coefficient (Wildman–Crippen LogP) is 2.10. The van der Waals surface area contributed by atoms with Crippen LogP contribution >= 0.6 is 0 Å². The summed E-state index contributed by atoms with van der Waals surface area (Å²) in [6.45, 7) is 4.10. The van der Waals surface area contributed by atoms with Gasteiger partial charge in [0, 0.05) is 37.3 Å². The largest absolute Gasteiger partial charge is 0.443 e. The fourth-order valence-corrected chi connectivity index (χ4v) is 2.95. The maximum atomic E-state index is 12.7. The third-order valence-corrected chi connectivity index (χ3v) is 4.69. The molecule has 1 unspecified atom stereocenters. The minimum atomic E-state index is -0.441. The van der Waals surface area contributed by atoms with Gasteiger partial charge in [-0.1, -0.05) is 0 Å². The van der Waals surface area contributed by atoms with Gasteiger partial charge >= 0.3 is 0 Å². The number of hydrogen-bond acceptors (Lipinski definition) is 8. The van der Waals surface area contributed by atoms with Crippen molar-refractivity contribution >= 4 is 17.4 Å². The lowest BCUT2D eigenvalue weighted by molar-refractivity contribution is 0.0867. The van der Waals surface area contributed by atoms with Crippen molar-refractivity contribution < 1.29 is 13.9 Å². The van der Waals surface area contributed by atoms with Gasteiger partial charge in [0.15, 0.2) is 17.2 Å². The summed E-state index contributed by atoms with van der Waals surface area (Å²) >= 11 is 0. The molecule has 0 aromatic carbocycles.